The van der Waals surface area contributed by atoms with Crippen LogP contribution in [-0.4, -0.2) is 36.1 Å². The second kappa shape index (κ2) is 5.66. The second-order valence-corrected chi connectivity index (χ2v) is 5.73. The fraction of sp³-hybridized carbons (Fsp3) is 0.0714. The van der Waals surface area contributed by atoms with Crippen LogP contribution in [0.15, 0.2) is 41.3 Å². The van der Waals surface area contributed by atoms with Crippen LogP contribution in [0.3, 0.4) is 0 Å². The van der Waals surface area contributed by atoms with E-state index in [9.17, 15) is 28.0 Å². The lowest BCUT2D eigenvalue weighted by Crippen LogP contribution is -2.07. The minimum atomic E-state index is -4.66. The van der Waals surface area contributed by atoms with Gasteiger partial charge in [0.15, 0.2) is 0 Å². The van der Waals surface area contributed by atoms with Gasteiger partial charge in [-0.25, -0.2) is 0 Å². The third-order valence-corrected chi connectivity index (χ3v) is 3.83. The highest BCUT2D eigenvalue weighted by Crippen LogP contribution is 2.33. The zero-order valence-electron chi connectivity index (χ0n) is 11.3. The van der Waals surface area contributed by atoms with Crippen LogP contribution in [0.25, 0.3) is 0 Å². The molecular weight excluding hydrogens is 312 g/mol. The van der Waals surface area contributed by atoms with E-state index in [1.54, 1.807) is 0 Å². The molecule has 22 heavy (non-hydrogen) atoms. The Morgan fingerprint density at radius 2 is 1.68 bits per heavy atom. The Morgan fingerprint density at radius 1 is 1.05 bits per heavy atom. The van der Waals surface area contributed by atoms with Gasteiger partial charge in [0.05, 0.1) is 18.2 Å². The Kier molecular flexibility index (Phi) is 4.07. The lowest BCUT2D eigenvalue weighted by Gasteiger charge is -2.11. The number of aromatic hydroxyl groups is 2. The van der Waals surface area contributed by atoms with Gasteiger partial charge in [-0.05, 0) is 18.2 Å². The van der Waals surface area contributed by atoms with Crippen molar-refractivity contribution >= 4 is 15.9 Å². The zero-order chi connectivity index (χ0) is 16.5. The van der Waals surface area contributed by atoms with Crippen LogP contribution in [0.1, 0.15) is 15.9 Å². The normalized spacial score (nSPS) is 11.2. The van der Waals surface area contributed by atoms with Crippen LogP contribution in [0.4, 0.5) is 0 Å². The summed E-state index contributed by atoms with van der Waals surface area (Å²) in [6.07, 6.45) is 0. The SMILES string of the molecule is COc1cc(O)c(C(=O)c2ccccc2O)cc1S(=O)(=O)O. The average Bonchev–Trinajstić information content (AvgIpc) is 2.45. The van der Waals surface area contributed by atoms with Gasteiger partial charge in [0.25, 0.3) is 10.1 Å². The largest absolute Gasteiger partial charge is 0.507 e. The van der Waals surface area contributed by atoms with Gasteiger partial charge in [-0.2, -0.15) is 8.42 Å². The van der Waals surface area contributed by atoms with Gasteiger partial charge < -0.3 is 14.9 Å². The third-order valence-electron chi connectivity index (χ3n) is 2.95. The summed E-state index contributed by atoms with van der Waals surface area (Å²) in [6.45, 7) is 0. The summed E-state index contributed by atoms with van der Waals surface area (Å²) in [5, 5.41) is 19.5. The standard InChI is InChI=1S/C14H12O7S/c1-21-12-7-11(16)9(6-13(12)22(18,19)20)14(17)8-4-2-3-5-10(8)15/h2-7,15-16H,1H3,(H,18,19,20). The molecule has 0 heterocycles. The minimum absolute atomic E-state index is 0.121. The highest BCUT2D eigenvalue weighted by Gasteiger charge is 2.24. The first-order valence-corrected chi connectivity index (χ1v) is 7.41. The Hall–Kier alpha value is -2.58. The fourth-order valence-electron chi connectivity index (χ4n) is 1.90. The Morgan fingerprint density at radius 3 is 2.23 bits per heavy atom. The number of hydrogen-bond acceptors (Lipinski definition) is 6. The molecule has 0 saturated carbocycles. The van der Waals surface area contributed by atoms with Crippen molar-refractivity contribution in [1.82, 2.24) is 0 Å². The molecule has 7 nitrogen and oxygen atoms in total. The lowest BCUT2D eigenvalue weighted by atomic mass is 10.0. The van der Waals surface area contributed by atoms with Crippen LogP contribution in [-0.2, 0) is 10.1 Å². The smallest absolute Gasteiger partial charge is 0.298 e. The maximum atomic E-state index is 12.3. The number of phenols is 2. The first-order chi connectivity index (χ1) is 10.3. The molecule has 0 spiro atoms. The molecule has 0 bridgehead atoms. The van der Waals surface area contributed by atoms with Gasteiger partial charge in [-0.15, -0.1) is 0 Å². The Balaban J connectivity index is 2.67. The summed E-state index contributed by atoms with van der Waals surface area (Å²) in [6, 6.07) is 7.28. The zero-order valence-corrected chi connectivity index (χ0v) is 12.2. The van der Waals surface area contributed by atoms with E-state index in [4.69, 9.17) is 4.74 Å². The predicted molar refractivity (Wildman–Crippen MR) is 76.0 cm³/mol. The van der Waals surface area contributed by atoms with Gasteiger partial charge in [-0.1, -0.05) is 12.1 Å². The first-order valence-electron chi connectivity index (χ1n) is 5.97. The van der Waals surface area contributed by atoms with E-state index in [0.717, 1.165) is 19.2 Å². The number of ketones is 1. The number of carbonyl (C=O) groups excluding carboxylic acids is 1. The molecule has 2 aromatic rings. The minimum Gasteiger partial charge on any atom is -0.507 e. The highest BCUT2D eigenvalue weighted by molar-refractivity contribution is 7.86. The van der Waals surface area contributed by atoms with E-state index < -0.39 is 32.1 Å². The van der Waals surface area contributed by atoms with Crippen LogP contribution in [0.2, 0.25) is 0 Å². The molecule has 0 atom stereocenters. The molecular formula is C14H12O7S. The summed E-state index contributed by atoms with van der Waals surface area (Å²) < 4.78 is 36.6. The maximum Gasteiger partial charge on any atom is 0.298 e. The van der Waals surface area contributed by atoms with Crippen molar-refractivity contribution in [3.8, 4) is 17.2 Å². The number of para-hydroxylation sites is 1. The molecule has 116 valence electrons. The van der Waals surface area contributed by atoms with Crippen molar-refractivity contribution in [3.63, 3.8) is 0 Å². The molecule has 0 unspecified atom stereocenters. The van der Waals surface area contributed by atoms with Crippen LogP contribution in [0, 0.1) is 0 Å². The summed E-state index contributed by atoms with van der Waals surface area (Å²) in [4.78, 5) is 11.7. The molecule has 3 N–H and O–H groups in total. The summed E-state index contributed by atoms with van der Waals surface area (Å²) >= 11 is 0. The van der Waals surface area contributed by atoms with E-state index in [2.05, 4.69) is 0 Å². The van der Waals surface area contributed by atoms with Gasteiger partial charge >= 0.3 is 0 Å². The topological polar surface area (TPSA) is 121 Å². The average molecular weight is 324 g/mol. The quantitative estimate of drug-likeness (QED) is 0.576. The van der Waals surface area contributed by atoms with Crippen LogP contribution < -0.4 is 4.74 Å². The molecule has 0 radical (unpaired) electrons. The van der Waals surface area contributed by atoms with Gasteiger partial charge in [0.1, 0.15) is 22.1 Å². The molecule has 0 aliphatic heterocycles. The maximum absolute atomic E-state index is 12.3. The molecule has 0 fully saturated rings. The molecule has 0 amide bonds. The number of carbonyl (C=O) groups is 1. The van der Waals surface area contributed by atoms with Crippen LogP contribution in [0.5, 0.6) is 17.2 Å². The van der Waals surface area contributed by atoms with Crippen molar-refractivity contribution in [2.45, 2.75) is 4.90 Å². The van der Waals surface area contributed by atoms with Crippen LogP contribution >= 0.6 is 0 Å². The number of ether oxygens (including phenoxy) is 1. The van der Waals surface area contributed by atoms with Crippen molar-refractivity contribution < 1.29 is 32.7 Å². The lowest BCUT2D eigenvalue weighted by molar-refractivity contribution is 0.103. The summed E-state index contributed by atoms with van der Waals surface area (Å²) in [7, 11) is -3.51. The van der Waals surface area contributed by atoms with E-state index in [-0.39, 0.29) is 17.1 Å². The molecule has 0 aromatic heterocycles. The van der Waals surface area contributed by atoms with E-state index in [1.807, 2.05) is 0 Å². The molecule has 0 aliphatic rings. The number of rotatable bonds is 4. The first kappa shape index (κ1) is 15.8. The molecule has 8 heteroatoms. The summed E-state index contributed by atoms with van der Waals surface area (Å²) in [5.74, 6) is -1.98. The van der Waals surface area contributed by atoms with Gasteiger partial charge in [0.2, 0.25) is 5.78 Å². The Labute approximate surface area is 126 Å². The monoisotopic (exact) mass is 324 g/mol. The second-order valence-electron chi connectivity index (χ2n) is 4.34. The fourth-order valence-corrected chi connectivity index (χ4v) is 2.57. The van der Waals surface area contributed by atoms with E-state index in [0.29, 0.717) is 0 Å². The Bertz CT molecular complexity index is 840. The van der Waals surface area contributed by atoms with Gasteiger partial charge in [-0.3, -0.25) is 9.35 Å². The highest BCUT2D eigenvalue weighted by atomic mass is 32.2. The third kappa shape index (κ3) is 2.87. The predicted octanol–water partition coefficient (Wildman–Crippen LogP) is 1.58. The number of hydrogen-bond donors (Lipinski definition) is 3. The van der Waals surface area contributed by atoms with Crippen molar-refractivity contribution in [3.05, 3.63) is 47.5 Å². The number of benzene rings is 2. The molecule has 2 aromatic carbocycles. The van der Waals surface area contributed by atoms with Gasteiger partial charge in [0, 0.05) is 6.07 Å². The molecule has 0 saturated heterocycles. The van der Waals surface area contributed by atoms with Crippen molar-refractivity contribution in [2.24, 2.45) is 0 Å². The van der Waals surface area contributed by atoms with E-state index in [1.165, 1.54) is 24.3 Å². The molecule has 0 aliphatic carbocycles. The van der Waals surface area contributed by atoms with E-state index >= 15 is 0 Å². The number of methoxy groups -OCH3 is 1. The molecule has 2 rings (SSSR count). The van der Waals surface area contributed by atoms with Crippen molar-refractivity contribution in [1.29, 1.82) is 0 Å². The van der Waals surface area contributed by atoms with Crippen molar-refractivity contribution in [2.75, 3.05) is 7.11 Å². The number of phenolic OH excluding ortho intramolecular Hbond substituents is 2. The summed E-state index contributed by atoms with van der Waals surface area (Å²) in [5.41, 5.74) is -0.515.